The first-order valence-corrected chi connectivity index (χ1v) is 14.0. The molecule has 0 aromatic heterocycles. The van der Waals surface area contributed by atoms with E-state index < -0.39 is 11.6 Å². The number of hydrogen-bond acceptors (Lipinski definition) is 5. The first kappa shape index (κ1) is 29.7. The van der Waals surface area contributed by atoms with Crippen molar-refractivity contribution < 1.29 is 19.1 Å². The average molecular weight is 524 g/mol. The molecule has 2 aromatic carbocycles. The predicted molar refractivity (Wildman–Crippen MR) is 151 cm³/mol. The predicted octanol–water partition coefficient (Wildman–Crippen LogP) is 5.85. The number of carbonyl (C=O) groups excluding carboxylic acids is 2. The molecule has 0 spiro atoms. The second-order valence-electron chi connectivity index (χ2n) is 10.2. The first-order valence-electron chi connectivity index (χ1n) is 14.0. The smallest absolute Gasteiger partial charge is 0.330 e. The van der Waals surface area contributed by atoms with Gasteiger partial charge in [-0.15, -0.1) is 0 Å². The van der Waals surface area contributed by atoms with Crippen molar-refractivity contribution in [2.45, 2.75) is 73.2 Å². The van der Waals surface area contributed by atoms with Crippen LogP contribution in [-0.4, -0.2) is 66.2 Å². The SMILES string of the molecule is CCCN(Cc1ccc(C)cc1)C(=O)N1C(=O)C(CC)(CC)C1Oc1ccc(CN(CC)CCOC)cc1. The lowest BCUT2D eigenvalue weighted by Gasteiger charge is -2.54. The van der Waals surface area contributed by atoms with Crippen LogP contribution in [0, 0.1) is 12.3 Å². The van der Waals surface area contributed by atoms with E-state index >= 15 is 0 Å². The number of imide groups is 1. The molecule has 1 unspecified atom stereocenters. The molecule has 0 bridgehead atoms. The third-order valence-corrected chi connectivity index (χ3v) is 7.71. The Labute approximate surface area is 228 Å². The molecule has 0 radical (unpaired) electrons. The molecule has 2 aromatic rings. The van der Waals surface area contributed by atoms with E-state index in [4.69, 9.17) is 9.47 Å². The van der Waals surface area contributed by atoms with Gasteiger partial charge in [0.25, 0.3) is 0 Å². The second kappa shape index (κ2) is 13.8. The normalized spacial score (nSPS) is 16.4. The van der Waals surface area contributed by atoms with E-state index in [1.54, 1.807) is 12.0 Å². The molecular weight excluding hydrogens is 478 g/mol. The van der Waals surface area contributed by atoms with Crippen LogP contribution in [0.3, 0.4) is 0 Å². The van der Waals surface area contributed by atoms with Crippen molar-refractivity contribution in [1.82, 2.24) is 14.7 Å². The van der Waals surface area contributed by atoms with Crippen molar-refractivity contribution in [2.24, 2.45) is 5.41 Å². The Morgan fingerprint density at radius 3 is 2.08 bits per heavy atom. The van der Waals surface area contributed by atoms with E-state index in [0.717, 1.165) is 31.6 Å². The van der Waals surface area contributed by atoms with Crippen molar-refractivity contribution >= 4 is 11.9 Å². The Morgan fingerprint density at radius 1 is 0.921 bits per heavy atom. The van der Waals surface area contributed by atoms with E-state index in [0.29, 0.717) is 38.3 Å². The number of benzene rings is 2. The van der Waals surface area contributed by atoms with Crippen LogP contribution in [0.2, 0.25) is 0 Å². The minimum atomic E-state index is -0.699. The van der Waals surface area contributed by atoms with Gasteiger partial charge >= 0.3 is 6.03 Å². The average Bonchev–Trinajstić information content (AvgIpc) is 2.93. The summed E-state index contributed by atoms with van der Waals surface area (Å²) in [5, 5.41) is 0. The fraction of sp³-hybridized carbons (Fsp3) is 0.548. The molecule has 1 atom stereocenters. The van der Waals surface area contributed by atoms with Crippen LogP contribution in [0.4, 0.5) is 4.79 Å². The molecule has 7 heteroatoms. The summed E-state index contributed by atoms with van der Waals surface area (Å²) in [6.45, 7) is 14.6. The summed E-state index contributed by atoms with van der Waals surface area (Å²) >= 11 is 0. The molecule has 7 nitrogen and oxygen atoms in total. The van der Waals surface area contributed by atoms with Gasteiger partial charge in [-0.05, 0) is 56.0 Å². The number of rotatable bonds is 14. The number of likely N-dealkylation sites (N-methyl/N-ethyl adjacent to an activating group) is 1. The van der Waals surface area contributed by atoms with Gasteiger partial charge in [0, 0.05) is 33.3 Å². The number of nitrogens with zero attached hydrogens (tertiary/aromatic N) is 3. The molecule has 1 aliphatic heterocycles. The molecule has 0 saturated carbocycles. The molecule has 1 heterocycles. The summed E-state index contributed by atoms with van der Waals surface area (Å²) in [6, 6.07) is 15.9. The van der Waals surface area contributed by atoms with Crippen LogP contribution >= 0.6 is 0 Å². The summed E-state index contributed by atoms with van der Waals surface area (Å²) < 4.78 is 11.6. The van der Waals surface area contributed by atoms with Crippen LogP contribution in [-0.2, 0) is 22.6 Å². The molecule has 0 N–H and O–H groups in total. The number of β-lactam (4-membered cyclic amide) rings is 1. The lowest BCUT2D eigenvalue weighted by molar-refractivity contribution is -0.192. The van der Waals surface area contributed by atoms with Gasteiger partial charge in [0.15, 0.2) is 6.23 Å². The summed E-state index contributed by atoms with van der Waals surface area (Å²) in [4.78, 5) is 32.6. The first-order chi connectivity index (χ1) is 18.3. The maximum absolute atomic E-state index is 13.7. The fourth-order valence-electron chi connectivity index (χ4n) is 5.10. The highest BCUT2D eigenvalue weighted by atomic mass is 16.5. The molecule has 3 amide bonds. The molecule has 38 heavy (non-hydrogen) atoms. The number of ether oxygens (including phenoxy) is 2. The van der Waals surface area contributed by atoms with Crippen LogP contribution in [0.15, 0.2) is 48.5 Å². The van der Waals surface area contributed by atoms with Gasteiger partial charge in [-0.3, -0.25) is 9.69 Å². The maximum atomic E-state index is 13.7. The van der Waals surface area contributed by atoms with Gasteiger partial charge in [0.1, 0.15) is 11.2 Å². The number of likely N-dealkylation sites (tertiary alicyclic amines) is 1. The van der Waals surface area contributed by atoms with E-state index in [2.05, 4.69) is 24.0 Å². The van der Waals surface area contributed by atoms with Gasteiger partial charge < -0.3 is 14.4 Å². The highest BCUT2D eigenvalue weighted by Crippen LogP contribution is 2.46. The van der Waals surface area contributed by atoms with Crippen LogP contribution < -0.4 is 4.74 Å². The number of aryl methyl sites for hydroxylation is 1. The van der Waals surface area contributed by atoms with Gasteiger partial charge in [-0.2, -0.15) is 0 Å². The van der Waals surface area contributed by atoms with Gasteiger partial charge in [0.05, 0.1) is 6.61 Å². The number of urea groups is 1. The van der Waals surface area contributed by atoms with Crippen LogP contribution in [0.1, 0.15) is 63.6 Å². The summed E-state index contributed by atoms with van der Waals surface area (Å²) in [5.41, 5.74) is 2.70. The zero-order valence-corrected chi connectivity index (χ0v) is 24.0. The third kappa shape index (κ3) is 6.56. The van der Waals surface area contributed by atoms with Crippen LogP contribution in [0.25, 0.3) is 0 Å². The minimum Gasteiger partial charge on any atom is -0.469 e. The van der Waals surface area contributed by atoms with E-state index in [-0.39, 0.29) is 11.9 Å². The zero-order chi connectivity index (χ0) is 27.7. The summed E-state index contributed by atoms with van der Waals surface area (Å²) in [6.07, 6.45) is 1.41. The maximum Gasteiger partial charge on any atom is 0.330 e. The van der Waals surface area contributed by atoms with E-state index in [1.165, 1.54) is 16.0 Å². The number of hydrogen-bond donors (Lipinski definition) is 0. The minimum absolute atomic E-state index is 0.143. The Hall–Kier alpha value is -2.90. The number of amides is 3. The second-order valence-corrected chi connectivity index (χ2v) is 10.2. The Bertz CT molecular complexity index is 1030. The highest BCUT2D eigenvalue weighted by Gasteiger charge is 2.63. The molecule has 0 aliphatic carbocycles. The zero-order valence-electron chi connectivity index (χ0n) is 24.0. The lowest BCUT2D eigenvalue weighted by Crippen LogP contribution is -2.73. The quantitative estimate of drug-likeness (QED) is 0.291. The molecule has 1 aliphatic rings. The third-order valence-electron chi connectivity index (χ3n) is 7.71. The number of methoxy groups -OCH3 is 1. The van der Waals surface area contributed by atoms with Gasteiger partial charge in [-0.1, -0.05) is 69.7 Å². The van der Waals surface area contributed by atoms with Crippen LogP contribution in [0.5, 0.6) is 5.75 Å². The summed E-state index contributed by atoms with van der Waals surface area (Å²) in [5.74, 6) is 0.520. The Morgan fingerprint density at radius 2 is 1.53 bits per heavy atom. The van der Waals surface area contributed by atoms with Gasteiger partial charge in [0.2, 0.25) is 5.91 Å². The lowest BCUT2D eigenvalue weighted by atomic mass is 9.72. The summed E-state index contributed by atoms with van der Waals surface area (Å²) in [7, 11) is 1.72. The Kier molecular flexibility index (Phi) is 10.7. The highest BCUT2D eigenvalue weighted by molar-refractivity contribution is 6.03. The topological polar surface area (TPSA) is 62.3 Å². The van der Waals surface area contributed by atoms with Crippen molar-refractivity contribution in [3.8, 4) is 5.75 Å². The standard InChI is InChI=1S/C31H45N3O4/c1-7-19-33(23-26-13-11-24(5)12-14-26)30(36)34-28(35)31(8-2,9-3)29(34)38-27-17-15-25(16-18-27)22-32(10-4)20-21-37-6/h11-18,29H,7-10,19-23H2,1-6H3. The Balaban J connectivity index is 1.78. The molecule has 1 saturated heterocycles. The molecular formula is C31H45N3O4. The van der Waals surface area contributed by atoms with Crippen molar-refractivity contribution in [1.29, 1.82) is 0 Å². The van der Waals surface area contributed by atoms with Crippen molar-refractivity contribution in [3.05, 3.63) is 65.2 Å². The van der Waals surface area contributed by atoms with Gasteiger partial charge in [-0.25, -0.2) is 9.69 Å². The van der Waals surface area contributed by atoms with E-state index in [9.17, 15) is 9.59 Å². The fourth-order valence-corrected chi connectivity index (χ4v) is 5.10. The molecule has 1 fully saturated rings. The monoisotopic (exact) mass is 523 g/mol. The van der Waals surface area contributed by atoms with Crippen molar-refractivity contribution in [3.63, 3.8) is 0 Å². The van der Waals surface area contributed by atoms with E-state index in [1.807, 2.05) is 64.1 Å². The number of carbonyl (C=O) groups is 2. The largest absolute Gasteiger partial charge is 0.469 e. The molecule has 3 rings (SSSR count). The van der Waals surface area contributed by atoms with Crippen molar-refractivity contribution in [2.75, 3.05) is 33.4 Å². The molecule has 208 valence electrons.